The smallest absolute Gasteiger partial charge is 0.0455 e. The molecule has 88 valence electrons. The van der Waals surface area contributed by atoms with Crippen molar-refractivity contribution in [3.63, 3.8) is 0 Å². The maximum atomic E-state index is 6.14. The van der Waals surface area contributed by atoms with Crippen molar-refractivity contribution in [2.45, 2.75) is 13.3 Å². The molecule has 1 aromatic carbocycles. The zero-order valence-corrected chi connectivity index (χ0v) is 10.7. The molecule has 0 spiro atoms. The van der Waals surface area contributed by atoms with Gasteiger partial charge in [0.05, 0.1) is 0 Å². The van der Waals surface area contributed by atoms with Crippen molar-refractivity contribution in [2.75, 3.05) is 31.6 Å². The van der Waals surface area contributed by atoms with Crippen LogP contribution in [0.3, 0.4) is 0 Å². The average Bonchev–Trinajstić information content (AvgIpc) is 2.74. The van der Waals surface area contributed by atoms with Gasteiger partial charge < -0.3 is 10.2 Å². The maximum absolute atomic E-state index is 6.14. The summed E-state index contributed by atoms with van der Waals surface area (Å²) in [4.78, 5) is 2.29. The Morgan fingerprint density at radius 1 is 1.50 bits per heavy atom. The molecule has 1 atom stereocenters. The topological polar surface area (TPSA) is 15.3 Å². The minimum atomic E-state index is 0.769. The van der Waals surface area contributed by atoms with E-state index in [1.54, 1.807) is 0 Å². The molecule has 0 radical (unpaired) electrons. The van der Waals surface area contributed by atoms with Crippen molar-refractivity contribution in [1.29, 1.82) is 0 Å². The molecule has 1 aliphatic heterocycles. The van der Waals surface area contributed by atoms with Crippen LogP contribution in [0.1, 0.15) is 12.0 Å². The number of benzene rings is 1. The van der Waals surface area contributed by atoms with Crippen LogP contribution in [-0.2, 0) is 0 Å². The van der Waals surface area contributed by atoms with Crippen LogP contribution in [0.4, 0.5) is 5.69 Å². The van der Waals surface area contributed by atoms with Crippen molar-refractivity contribution in [2.24, 2.45) is 5.92 Å². The third kappa shape index (κ3) is 2.69. The fraction of sp³-hybridized carbons (Fsp3) is 0.538. The second kappa shape index (κ2) is 5.07. The van der Waals surface area contributed by atoms with Gasteiger partial charge in [-0.1, -0.05) is 17.7 Å². The largest absolute Gasteiger partial charge is 0.374 e. The van der Waals surface area contributed by atoms with Crippen LogP contribution in [0.2, 0.25) is 5.02 Å². The maximum Gasteiger partial charge on any atom is 0.0455 e. The van der Waals surface area contributed by atoms with Crippen molar-refractivity contribution in [3.05, 3.63) is 28.8 Å². The van der Waals surface area contributed by atoms with Crippen molar-refractivity contribution < 1.29 is 0 Å². The number of nitrogens with one attached hydrogen (secondary N) is 1. The Bertz CT molecular complexity index is 359. The van der Waals surface area contributed by atoms with Gasteiger partial charge in [-0.05, 0) is 50.0 Å². The molecule has 0 amide bonds. The molecule has 1 N–H and O–H groups in total. The fourth-order valence-electron chi connectivity index (χ4n) is 2.18. The fourth-order valence-corrected chi connectivity index (χ4v) is 2.36. The molecule has 3 heteroatoms. The third-order valence-corrected chi connectivity index (χ3v) is 3.70. The normalized spacial score (nSPS) is 20.1. The highest BCUT2D eigenvalue weighted by atomic mass is 35.5. The van der Waals surface area contributed by atoms with Gasteiger partial charge in [-0.2, -0.15) is 0 Å². The van der Waals surface area contributed by atoms with Gasteiger partial charge in [0.25, 0.3) is 0 Å². The number of hydrogen-bond donors (Lipinski definition) is 1. The summed E-state index contributed by atoms with van der Waals surface area (Å²) < 4.78 is 0. The first-order chi connectivity index (χ1) is 7.66. The van der Waals surface area contributed by atoms with Crippen LogP contribution in [0.15, 0.2) is 18.2 Å². The first-order valence-electron chi connectivity index (χ1n) is 5.85. The molecular formula is C13H19ClN2. The van der Waals surface area contributed by atoms with Gasteiger partial charge >= 0.3 is 0 Å². The minimum absolute atomic E-state index is 0.769. The molecule has 1 aliphatic rings. The summed E-state index contributed by atoms with van der Waals surface area (Å²) in [5, 5.41) is 4.25. The number of rotatable bonds is 3. The lowest BCUT2D eigenvalue weighted by Gasteiger charge is -2.23. The van der Waals surface area contributed by atoms with Crippen LogP contribution in [0.25, 0.3) is 0 Å². The Morgan fingerprint density at radius 3 is 2.94 bits per heavy atom. The minimum Gasteiger partial charge on any atom is -0.374 e. The summed E-state index contributed by atoms with van der Waals surface area (Å²) >= 11 is 6.14. The van der Waals surface area contributed by atoms with Gasteiger partial charge in [-0.25, -0.2) is 0 Å². The average molecular weight is 239 g/mol. The molecule has 0 bridgehead atoms. The number of aryl methyl sites for hydroxylation is 1. The Hall–Kier alpha value is -0.730. The Labute approximate surface area is 103 Å². The Kier molecular flexibility index (Phi) is 3.72. The van der Waals surface area contributed by atoms with Gasteiger partial charge in [0, 0.05) is 24.3 Å². The summed E-state index contributed by atoms with van der Waals surface area (Å²) in [7, 11) is 2.14. The lowest BCUT2D eigenvalue weighted by Crippen LogP contribution is -2.26. The van der Waals surface area contributed by atoms with Gasteiger partial charge in [-0.15, -0.1) is 0 Å². The first-order valence-corrected chi connectivity index (χ1v) is 6.22. The number of halogens is 1. The Morgan fingerprint density at radius 2 is 2.31 bits per heavy atom. The predicted molar refractivity (Wildman–Crippen MR) is 70.4 cm³/mol. The molecule has 1 saturated heterocycles. The highest BCUT2D eigenvalue weighted by Gasteiger charge is 2.16. The van der Waals surface area contributed by atoms with E-state index in [1.165, 1.54) is 12.1 Å². The molecule has 2 rings (SSSR count). The zero-order chi connectivity index (χ0) is 11.5. The Balaban J connectivity index is 2.02. The summed E-state index contributed by atoms with van der Waals surface area (Å²) in [5.41, 5.74) is 2.35. The lowest BCUT2D eigenvalue weighted by molar-refractivity contribution is 0.578. The van der Waals surface area contributed by atoms with Crippen LogP contribution >= 0.6 is 11.6 Å². The van der Waals surface area contributed by atoms with Gasteiger partial charge in [-0.3, -0.25) is 0 Å². The summed E-state index contributed by atoms with van der Waals surface area (Å²) in [6.45, 7) is 5.44. The van der Waals surface area contributed by atoms with E-state index in [9.17, 15) is 0 Å². The van der Waals surface area contributed by atoms with Crippen LogP contribution in [0.5, 0.6) is 0 Å². The van der Waals surface area contributed by atoms with Gasteiger partial charge in [0.1, 0.15) is 0 Å². The molecular weight excluding hydrogens is 220 g/mol. The number of anilines is 1. The quantitative estimate of drug-likeness (QED) is 0.871. The lowest BCUT2D eigenvalue weighted by atomic mass is 10.1. The SMILES string of the molecule is Cc1ccc(N(C)CC2CCNC2)cc1Cl. The summed E-state index contributed by atoms with van der Waals surface area (Å²) in [6, 6.07) is 6.28. The van der Waals surface area contributed by atoms with Crippen molar-refractivity contribution >= 4 is 17.3 Å². The zero-order valence-electron chi connectivity index (χ0n) is 9.96. The standard InChI is InChI=1S/C13H19ClN2/c1-10-3-4-12(7-13(10)14)16(2)9-11-5-6-15-8-11/h3-4,7,11,15H,5-6,8-9H2,1-2H3. The molecule has 2 nitrogen and oxygen atoms in total. The molecule has 16 heavy (non-hydrogen) atoms. The van der Waals surface area contributed by atoms with E-state index in [-0.39, 0.29) is 0 Å². The number of nitrogens with zero attached hydrogens (tertiary/aromatic N) is 1. The monoisotopic (exact) mass is 238 g/mol. The predicted octanol–water partition coefficient (Wildman–Crippen LogP) is 2.69. The van der Waals surface area contributed by atoms with E-state index in [2.05, 4.69) is 35.5 Å². The van der Waals surface area contributed by atoms with Crippen molar-refractivity contribution in [3.8, 4) is 0 Å². The molecule has 0 saturated carbocycles. The second-order valence-electron chi connectivity index (χ2n) is 4.67. The summed E-state index contributed by atoms with van der Waals surface area (Å²) in [5.74, 6) is 0.769. The number of hydrogen-bond acceptors (Lipinski definition) is 2. The highest BCUT2D eigenvalue weighted by molar-refractivity contribution is 6.31. The first kappa shape index (κ1) is 11.7. The van der Waals surface area contributed by atoms with Gasteiger partial charge in [0.15, 0.2) is 0 Å². The molecule has 1 heterocycles. The molecule has 1 aromatic rings. The van der Waals surface area contributed by atoms with Crippen molar-refractivity contribution in [1.82, 2.24) is 5.32 Å². The third-order valence-electron chi connectivity index (χ3n) is 3.29. The van der Waals surface area contributed by atoms with Crippen LogP contribution in [0, 0.1) is 12.8 Å². The molecule has 1 fully saturated rings. The van der Waals surface area contributed by atoms with E-state index < -0.39 is 0 Å². The molecule has 1 unspecified atom stereocenters. The molecule has 0 aliphatic carbocycles. The highest BCUT2D eigenvalue weighted by Crippen LogP contribution is 2.23. The van der Waals surface area contributed by atoms with Gasteiger partial charge in [0.2, 0.25) is 0 Å². The van der Waals surface area contributed by atoms with Crippen LogP contribution < -0.4 is 10.2 Å². The van der Waals surface area contributed by atoms with E-state index in [1.807, 2.05) is 6.92 Å². The molecule has 0 aromatic heterocycles. The van der Waals surface area contributed by atoms with E-state index >= 15 is 0 Å². The van der Waals surface area contributed by atoms with E-state index in [4.69, 9.17) is 11.6 Å². The van der Waals surface area contributed by atoms with Crippen LogP contribution in [-0.4, -0.2) is 26.7 Å². The second-order valence-corrected chi connectivity index (χ2v) is 5.08. The van der Waals surface area contributed by atoms with E-state index in [0.717, 1.165) is 36.1 Å². The summed E-state index contributed by atoms with van der Waals surface area (Å²) in [6.07, 6.45) is 1.28. The van der Waals surface area contributed by atoms with E-state index in [0.29, 0.717) is 0 Å².